The molecule has 0 bridgehead atoms. The maximum absolute atomic E-state index is 7.14. The lowest BCUT2D eigenvalue weighted by molar-refractivity contribution is 0.397. The first-order chi connectivity index (χ1) is 46.9. The Balaban J connectivity index is 0.000000126. The fraction of sp³-hybridized carbons (Fsp3) is 0.0345. The van der Waals surface area contributed by atoms with Gasteiger partial charge in [-0.3, -0.25) is 0 Å². The zero-order valence-corrected chi connectivity index (χ0v) is 54.2. The van der Waals surface area contributed by atoms with Crippen molar-refractivity contribution in [2.75, 3.05) is 0 Å². The standard InChI is InChI=1S/C49H30N2O2.C25H14Br2O2.C13H10/c1-7-21-40-32(14-1)33-15-2-8-22-41(33)50(40)31-28-29-47-39(30-31)49(36-18-5-11-26-45(36)52-47)37-19-6-12-27-46(37)53-48-38(49)20-13-25-44(48)51-42-23-9-3-16-34(42)35-17-4-10-24-43(35)51;26-15-12-13-18-23(14-15)28-21-10-3-1-6-16(21)25(18)17-7-2-4-11-22(17)29-24-19(25)8-5-9-20(24)27;1-3-7-12-10(5-1)9-11-6-2-4-8-13(11)12/h1-30H;1-14H;1-8H,9H2. The Morgan fingerprint density at radius 2 is 0.663 bits per heavy atom. The Labute approximate surface area is 565 Å². The predicted octanol–water partition coefficient (Wildman–Crippen LogP) is 23.5. The summed E-state index contributed by atoms with van der Waals surface area (Å²) in [5.74, 6) is 6.75. The summed E-state index contributed by atoms with van der Waals surface area (Å²) in [6.07, 6.45) is 1.10. The Kier molecular flexibility index (Phi) is 12.7. The van der Waals surface area contributed by atoms with Crippen molar-refractivity contribution in [2.24, 2.45) is 0 Å². The largest absolute Gasteiger partial charge is 0.457 e. The second-order valence-electron chi connectivity index (χ2n) is 24.7. The molecular weight excluding hydrogens is 1300 g/mol. The first-order valence-electron chi connectivity index (χ1n) is 32.0. The SMILES string of the molecule is Brc1ccc2c(c1)Oc1ccccc1C21c2ccccc2Oc2c(Br)cccc21.c1ccc2c(c1)Cc1ccccc1-2.c1ccc2c(c1)Oc1ccc(-n3c4ccccc4c4ccccc43)cc1C21c2ccccc2Oc2c(-n3c4ccccc4c4ccccc43)cccc21. The van der Waals surface area contributed by atoms with Crippen LogP contribution >= 0.6 is 31.9 Å². The number of benzene rings is 14. The van der Waals surface area contributed by atoms with E-state index in [1.807, 2.05) is 36.4 Å². The van der Waals surface area contributed by atoms with Crippen LogP contribution in [-0.2, 0) is 17.3 Å². The molecule has 0 saturated carbocycles. The normalized spacial score (nSPS) is 15.9. The first-order valence-corrected chi connectivity index (χ1v) is 33.6. The van der Waals surface area contributed by atoms with Crippen LogP contribution in [0.15, 0.2) is 324 Å². The van der Waals surface area contributed by atoms with Gasteiger partial charge in [-0.25, -0.2) is 0 Å². The van der Waals surface area contributed by atoms with Crippen LogP contribution < -0.4 is 18.9 Å². The molecule has 0 N–H and O–H groups in total. The molecule has 1 aliphatic carbocycles. The molecule has 0 fully saturated rings. The van der Waals surface area contributed by atoms with Gasteiger partial charge >= 0.3 is 0 Å². The van der Waals surface area contributed by atoms with Gasteiger partial charge in [0.25, 0.3) is 0 Å². The lowest BCUT2D eigenvalue weighted by atomic mass is 9.62. The minimum absolute atomic E-state index is 0.529. The lowest BCUT2D eigenvalue weighted by Gasteiger charge is -2.45. The van der Waals surface area contributed by atoms with Gasteiger partial charge in [0.2, 0.25) is 0 Å². The van der Waals surface area contributed by atoms with Gasteiger partial charge in [-0.15, -0.1) is 0 Å². The van der Waals surface area contributed by atoms with Crippen molar-refractivity contribution < 1.29 is 18.9 Å². The average molecular weight is 1350 g/mol. The number of aromatic nitrogens is 2. The Bertz CT molecular complexity index is 5680. The molecule has 2 unspecified atom stereocenters. The number of rotatable bonds is 2. The predicted molar refractivity (Wildman–Crippen MR) is 389 cm³/mol. The van der Waals surface area contributed by atoms with Crippen molar-refractivity contribution in [1.29, 1.82) is 0 Å². The van der Waals surface area contributed by atoms with Crippen LogP contribution in [0.2, 0.25) is 0 Å². The van der Waals surface area contributed by atoms with E-state index in [1.165, 1.54) is 54.8 Å². The topological polar surface area (TPSA) is 46.8 Å². The van der Waals surface area contributed by atoms with Gasteiger partial charge in [0, 0.05) is 76.2 Å². The molecule has 8 heteroatoms. The number of hydrogen-bond acceptors (Lipinski definition) is 4. The summed E-state index contributed by atoms with van der Waals surface area (Å²) >= 11 is 7.32. The lowest BCUT2D eigenvalue weighted by Crippen LogP contribution is -2.37. The van der Waals surface area contributed by atoms with Gasteiger partial charge in [-0.2, -0.15) is 0 Å². The van der Waals surface area contributed by atoms with Gasteiger partial charge in [0.15, 0.2) is 5.75 Å². The molecule has 2 aromatic heterocycles. The molecule has 6 heterocycles. The summed E-state index contributed by atoms with van der Waals surface area (Å²) < 4.78 is 33.4. The van der Waals surface area contributed by atoms with Crippen LogP contribution in [0.3, 0.4) is 0 Å². The summed E-state index contributed by atoms with van der Waals surface area (Å²) in [6.45, 7) is 0. The molecule has 5 aliphatic rings. The van der Waals surface area contributed by atoms with E-state index >= 15 is 0 Å². The third-order valence-corrected chi connectivity index (χ3v) is 21.0. The summed E-state index contributed by atoms with van der Waals surface area (Å²) in [7, 11) is 0. The number of nitrogens with zero attached hydrogens (tertiary/aromatic N) is 2. The first kappa shape index (κ1) is 55.5. The van der Waals surface area contributed by atoms with Crippen molar-refractivity contribution in [3.8, 4) is 68.5 Å². The van der Waals surface area contributed by atoms with E-state index in [1.54, 1.807) is 0 Å². The van der Waals surface area contributed by atoms with E-state index in [4.69, 9.17) is 18.9 Å². The van der Waals surface area contributed by atoms with Crippen molar-refractivity contribution in [3.63, 3.8) is 0 Å². The van der Waals surface area contributed by atoms with Crippen molar-refractivity contribution in [3.05, 3.63) is 380 Å². The highest BCUT2D eigenvalue weighted by Gasteiger charge is 2.53. The maximum Gasteiger partial charge on any atom is 0.156 e. The highest BCUT2D eigenvalue weighted by Crippen LogP contribution is 2.65. The number of hydrogen-bond donors (Lipinski definition) is 0. The van der Waals surface area contributed by atoms with E-state index in [9.17, 15) is 0 Å². The van der Waals surface area contributed by atoms with Gasteiger partial charge in [-0.1, -0.05) is 240 Å². The van der Waals surface area contributed by atoms with Crippen LogP contribution in [0.5, 0.6) is 46.0 Å². The highest BCUT2D eigenvalue weighted by molar-refractivity contribution is 9.10. The molecular formula is C87H54Br2N2O4. The summed E-state index contributed by atoms with van der Waals surface area (Å²) in [5.41, 5.74) is 19.9. The minimum atomic E-state index is -0.752. The zero-order chi connectivity index (χ0) is 62.9. The van der Waals surface area contributed by atoms with Gasteiger partial charge in [0.1, 0.15) is 40.2 Å². The van der Waals surface area contributed by atoms with Crippen molar-refractivity contribution in [1.82, 2.24) is 9.13 Å². The smallest absolute Gasteiger partial charge is 0.156 e. The van der Waals surface area contributed by atoms with E-state index in [0.717, 1.165) is 128 Å². The zero-order valence-electron chi connectivity index (χ0n) is 51.0. The summed E-state index contributed by atoms with van der Waals surface area (Å²) in [5, 5.41) is 4.89. The van der Waals surface area contributed by atoms with Crippen LogP contribution in [0.1, 0.15) is 55.6 Å². The van der Waals surface area contributed by atoms with E-state index < -0.39 is 10.8 Å². The van der Waals surface area contributed by atoms with Crippen LogP contribution in [-0.4, -0.2) is 9.13 Å². The Hall–Kier alpha value is -11.2. The van der Waals surface area contributed by atoms with Crippen LogP contribution in [0.25, 0.3) is 66.1 Å². The third kappa shape index (κ3) is 8.21. The number of ether oxygens (including phenoxy) is 4. The third-order valence-electron chi connectivity index (χ3n) is 19.9. The molecule has 16 aromatic rings. The van der Waals surface area contributed by atoms with Crippen molar-refractivity contribution in [2.45, 2.75) is 17.3 Å². The molecule has 0 radical (unpaired) electrons. The minimum Gasteiger partial charge on any atom is -0.457 e. The maximum atomic E-state index is 7.14. The highest BCUT2D eigenvalue weighted by atomic mass is 79.9. The second-order valence-corrected chi connectivity index (χ2v) is 26.5. The fourth-order valence-electron chi connectivity index (χ4n) is 16.1. The van der Waals surface area contributed by atoms with Gasteiger partial charge in [0.05, 0.1) is 43.1 Å². The van der Waals surface area contributed by atoms with E-state index in [2.05, 4.69) is 320 Å². The van der Waals surface area contributed by atoms with Gasteiger partial charge < -0.3 is 28.1 Å². The number of halogens is 2. The quantitative estimate of drug-likeness (QED) is 0.173. The Morgan fingerprint density at radius 3 is 1.21 bits per heavy atom. The second kappa shape index (κ2) is 21.7. The van der Waals surface area contributed by atoms with E-state index in [-0.39, 0.29) is 0 Å². The monoisotopic (exact) mass is 1350 g/mol. The number of para-hydroxylation sites is 10. The van der Waals surface area contributed by atoms with Gasteiger partial charge in [-0.05, 0) is 136 Å². The molecule has 450 valence electrons. The molecule has 95 heavy (non-hydrogen) atoms. The molecule has 4 aliphatic heterocycles. The summed E-state index contributed by atoms with van der Waals surface area (Å²) in [6, 6.07) is 111. The van der Waals surface area contributed by atoms with E-state index in [0.29, 0.717) is 0 Å². The molecule has 0 amide bonds. The number of fused-ring (bicyclic) bond motifs is 25. The van der Waals surface area contributed by atoms with Crippen LogP contribution in [0, 0.1) is 0 Å². The Morgan fingerprint density at radius 1 is 0.274 bits per heavy atom. The molecule has 6 nitrogen and oxygen atoms in total. The molecule has 0 saturated heterocycles. The summed E-state index contributed by atoms with van der Waals surface area (Å²) in [4.78, 5) is 0. The molecule has 2 atom stereocenters. The average Bonchev–Trinajstić information content (AvgIpc) is 1.12. The molecule has 21 rings (SSSR count). The molecule has 14 aromatic carbocycles. The van der Waals surface area contributed by atoms with Crippen LogP contribution in [0.4, 0.5) is 0 Å². The van der Waals surface area contributed by atoms with Crippen molar-refractivity contribution >= 4 is 75.5 Å². The molecule has 2 spiro atoms. The fourth-order valence-corrected chi connectivity index (χ4v) is 16.9.